The van der Waals surface area contributed by atoms with Crippen molar-refractivity contribution in [2.75, 3.05) is 6.54 Å². The first-order valence-electron chi connectivity index (χ1n) is 12.4. The molecule has 4 rings (SSSR count). The van der Waals surface area contributed by atoms with E-state index >= 15 is 0 Å². The lowest BCUT2D eigenvalue weighted by molar-refractivity contribution is -0.137. The molecule has 0 spiro atoms. The molecule has 0 N–H and O–H groups in total. The Labute approximate surface area is 232 Å². The van der Waals surface area contributed by atoms with Crippen LogP contribution in [0.15, 0.2) is 89.8 Å². The van der Waals surface area contributed by atoms with Crippen LogP contribution in [-0.2, 0) is 29.2 Å². The minimum absolute atomic E-state index is 0.110. The summed E-state index contributed by atoms with van der Waals surface area (Å²) in [5.41, 5.74) is 4.32. The Balaban J connectivity index is 1.65. The summed E-state index contributed by atoms with van der Waals surface area (Å²) in [7, 11) is -3.87. The maximum atomic E-state index is 14.0. The van der Waals surface area contributed by atoms with Crippen molar-refractivity contribution >= 4 is 21.6 Å². The second-order valence-corrected chi connectivity index (χ2v) is 12.0. The van der Waals surface area contributed by atoms with Gasteiger partial charge in [-0.15, -0.1) is 0 Å². The van der Waals surface area contributed by atoms with Gasteiger partial charge < -0.3 is 0 Å². The lowest BCUT2D eigenvalue weighted by atomic mass is 10.0. The number of halogens is 4. The number of rotatable bonds is 8. The topological polar surface area (TPSA) is 37.4 Å². The quantitative estimate of drug-likeness (QED) is 0.213. The predicted octanol–water partition coefficient (Wildman–Crippen LogP) is 8.38. The van der Waals surface area contributed by atoms with Crippen LogP contribution in [0.1, 0.15) is 33.4 Å². The van der Waals surface area contributed by atoms with Gasteiger partial charge in [0.2, 0.25) is 10.0 Å². The highest BCUT2D eigenvalue weighted by molar-refractivity contribution is 7.89. The lowest BCUT2D eigenvalue weighted by Crippen LogP contribution is -2.33. The van der Waals surface area contributed by atoms with Crippen LogP contribution in [0.4, 0.5) is 13.2 Å². The first-order chi connectivity index (χ1) is 18.3. The van der Waals surface area contributed by atoms with Crippen molar-refractivity contribution in [2.45, 2.75) is 44.8 Å². The summed E-state index contributed by atoms with van der Waals surface area (Å²) in [5, 5.41) is 0.581. The predicted molar refractivity (Wildman–Crippen MR) is 150 cm³/mol. The Hall–Kier alpha value is -3.13. The molecular formula is C31H29ClF3NO2S. The van der Waals surface area contributed by atoms with E-state index in [-0.39, 0.29) is 13.1 Å². The molecule has 39 heavy (non-hydrogen) atoms. The molecule has 0 aromatic heterocycles. The third-order valence-corrected chi connectivity index (χ3v) is 8.96. The average Bonchev–Trinajstić information content (AvgIpc) is 2.85. The van der Waals surface area contributed by atoms with E-state index in [0.29, 0.717) is 38.6 Å². The SMILES string of the molecule is Cc1cc(C)c(S(=O)(=O)N(CCc2cccc(Cl)c2)Cc2ccc(-c3cccc(C(F)(F)F)c3)cc2)c(C)c1. The van der Waals surface area contributed by atoms with Crippen LogP contribution in [0, 0.1) is 20.8 Å². The number of hydrogen-bond acceptors (Lipinski definition) is 2. The molecule has 0 fully saturated rings. The number of alkyl halides is 3. The zero-order chi connectivity index (χ0) is 28.4. The zero-order valence-corrected chi connectivity index (χ0v) is 23.5. The van der Waals surface area contributed by atoms with Gasteiger partial charge in [-0.2, -0.15) is 17.5 Å². The van der Waals surface area contributed by atoms with E-state index in [1.54, 1.807) is 50.2 Å². The van der Waals surface area contributed by atoms with Crippen LogP contribution in [0.3, 0.4) is 0 Å². The highest BCUT2D eigenvalue weighted by Gasteiger charge is 2.31. The van der Waals surface area contributed by atoms with E-state index < -0.39 is 21.8 Å². The van der Waals surface area contributed by atoms with E-state index in [4.69, 9.17) is 11.6 Å². The summed E-state index contributed by atoms with van der Waals surface area (Å²) in [6, 6.07) is 23.1. The Kier molecular flexibility index (Phi) is 8.54. The maximum absolute atomic E-state index is 14.0. The Bertz CT molecular complexity index is 1560. The van der Waals surface area contributed by atoms with Gasteiger partial charge in [0.05, 0.1) is 10.5 Å². The van der Waals surface area contributed by atoms with Crippen LogP contribution in [0.2, 0.25) is 5.02 Å². The van der Waals surface area contributed by atoms with Crippen molar-refractivity contribution in [2.24, 2.45) is 0 Å². The summed E-state index contributed by atoms with van der Waals surface area (Å²) in [4.78, 5) is 0.291. The standard InChI is InChI=1S/C31H29ClF3NO2S/c1-21-16-22(2)30(23(3)17-21)39(37,38)36(15-14-24-6-4-9-29(32)18-24)20-25-10-12-26(13-11-25)27-7-5-8-28(19-27)31(33,34)35/h4-13,16-19H,14-15,20H2,1-3H3. The van der Waals surface area contributed by atoms with Crippen LogP contribution in [0.25, 0.3) is 11.1 Å². The molecule has 0 saturated carbocycles. The molecule has 0 bridgehead atoms. The molecular weight excluding hydrogens is 543 g/mol. The minimum atomic E-state index is -4.43. The van der Waals surface area contributed by atoms with E-state index in [2.05, 4.69) is 0 Å². The number of sulfonamides is 1. The molecule has 0 radical (unpaired) electrons. The average molecular weight is 572 g/mol. The van der Waals surface area contributed by atoms with Crippen molar-refractivity contribution in [3.8, 4) is 11.1 Å². The van der Waals surface area contributed by atoms with E-state index in [1.165, 1.54) is 10.4 Å². The van der Waals surface area contributed by atoms with Gasteiger partial charge in [-0.3, -0.25) is 0 Å². The summed E-state index contributed by atoms with van der Waals surface area (Å²) < 4.78 is 68.9. The second-order valence-electron chi connectivity index (χ2n) is 9.72. The second kappa shape index (κ2) is 11.5. The highest BCUT2D eigenvalue weighted by Crippen LogP contribution is 2.33. The summed E-state index contributed by atoms with van der Waals surface area (Å²) in [6.45, 7) is 5.86. The summed E-state index contributed by atoms with van der Waals surface area (Å²) in [5.74, 6) is 0. The Morgan fingerprint density at radius 3 is 2.03 bits per heavy atom. The third kappa shape index (κ3) is 6.90. The molecule has 0 aliphatic carbocycles. The first kappa shape index (κ1) is 28.9. The highest BCUT2D eigenvalue weighted by atomic mass is 35.5. The van der Waals surface area contributed by atoms with E-state index in [0.717, 1.165) is 28.8 Å². The maximum Gasteiger partial charge on any atom is 0.416 e. The molecule has 0 amide bonds. The van der Waals surface area contributed by atoms with Crippen molar-refractivity contribution in [3.63, 3.8) is 0 Å². The van der Waals surface area contributed by atoms with Gasteiger partial charge in [0, 0.05) is 18.1 Å². The molecule has 8 heteroatoms. The van der Waals surface area contributed by atoms with Crippen LogP contribution >= 0.6 is 11.6 Å². The van der Waals surface area contributed by atoms with Crippen molar-refractivity contribution in [1.82, 2.24) is 4.31 Å². The molecule has 0 heterocycles. The minimum Gasteiger partial charge on any atom is -0.207 e. The van der Waals surface area contributed by atoms with Gasteiger partial charge in [0.1, 0.15) is 0 Å². The van der Waals surface area contributed by atoms with Gasteiger partial charge in [-0.25, -0.2) is 8.42 Å². The molecule has 0 aliphatic rings. The van der Waals surface area contributed by atoms with E-state index in [9.17, 15) is 21.6 Å². The van der Waals surface area contributed by atoms with Crippen molar-refractivity contribution in [3.05, 3.63) is 123 Å². The number of aryl methyl sites for hydroxylation is 3. The van der Waals surface area contributed by atoms with Gasteiger partial charge in [-0.05, 0) is 84.8 Å². The zero-order valence-electron chi connectivity index (χ0n) is 21.9. The largest absolute Gasteiger partial charge is 0.416 e. The van der Waals surface area contributed by atoms with Crippen molar-refractivity contribution in [1.29, 1.82) is 0 Å². The molecule has 0 aliphatic heterocycles. The summed E-state index contributed by atoms with van der Waals surface area (Å²) in [6.07, 6.45) is -3.97. The number of nitrogens with zero attached hydrogens (tertiary/aromatic N) is 1. The normalized spacial score (nSPS) is 12.2. The molecule has 4 aromatic carbocycles. The monoisotopic (exact) mass is 571 g/mol. The van der Waals surface area contributed by atoms with Gasteiger partial charge in [-0.1, -0.05) is 77.8 Å². The fourth-order valence-corrected chi connectivity index (χ4v) is 6.87. The third-order valence-electron chi connectivity index (χ3n) is 6.58. The summed E-state index contributed by atoms with van der Waals surface area (Å²) >= 11 is 6.14. The smallest absolute Gasteiger partial charge is 0.207 e. The molecule has 0 saturated heterocycles. The van der Waals surface area contributed by atoms with Gasteiger partial charge >= 0.3 is 6.18 Å². The Morgan fingerprint density at radius 2 is 1.41 bits per heavy atom. The molecule has 0 atom stereocenters. The number of benzene rings is 4. The fourth-order valence-electron chi connectivity index (χ4n) is 4.81. The first-order valence-corrected chi connectivity index (χ1v) is 14.3. The number of hydrogen-bond donors (Lipinski definition) is 0. The van der Waals surface area contributed by atoms with Gasteiger partial charge in [0.15, 0.2) is 0 Å². The molecule has 4 aromatic rings. The molecule has 204 valence electrons. The van der Waals surface area contributed by atoms with Crippen LogP contribution < -0.4 is 0 Å². The van der Waals surface area contributed by atoms with Crippen LogP contribution in [0.5, 0.6) is 0 Å². The van der Waals surface area contributed by atoms with E-state index in [1.807, 2.05) is 37.3 Å². The van der Waals surface area contributed by atoms with Crippen LogP contribution in [-0.4, -0.2) is 19.3 Å². The molecule has 3 nitrogen and oxygen atoms in total. The van der Waals surface area contributed by atoms with Gasteiger partial charge in [0.25, 0.3) is 0 Å². The Morgan fingerprint density at radius 1 is 0.769 bits per heavy atom. The molecule has 0 unspecified atom stereocenters. The van der Waals surface area contributed by atoms with Crippen molar-refractivity contribution < 1.29 is 21.6 Å². The lowest BCUT2D eigenvalue weighted by Gasteiger charge is -2.25. The fraction of sp³-hybridized carbons (Fsp3) is 0.226.